The van der Waals surface area contributed by atoms with E-state index in [2.05, 4.69) is 25.2 Å². The zero-order chi connectivity index (χ0) is 20.6. The molecule has 0 saturated heterocycles. The summed E-state index contributed by atoms with van der Waals surface area (Å²) in [6.45, 7) is -1.06. The van der Waals surface area contributed by atoms with Gasteiger partial charge in [0.1, 0.15) is 12.1 Å². The first kappa shape index (κ1) is 20.8. The minimum Gasteiger partial charge on any atom is -0.434 e. The van der Waals surface area contributed by atoms with Crippen LogP contribution in [0.5, 0.6) is 5.75 Å². The van der Waals surface area contributed by atoms with Crippen molar-refractivity contribution in [2.45, 2.75) is 36.9 Å². The topological polar surface area (TPSA) is 79.9 Å². The number of alkyl halides is 2. The van der Waals surface area contributed by atoms with Crippen LogP contribution in [-0.4, -0.2) is 27.7 Å². The van der Waals surface area contributed by atoms with Crippen LogP contribution >= 0.6 is 11.8 Å². The van der Waals surface area contributed by atoms with Crippen molar-refractivity contribution < 1.29 is 18.3 Å². The largest absolute Gasteiger partial charge is 0.434 e. The molecule has 0 aliphatic rings. The standard InChI is InChI=1S/C20H20F2N4O2S/c1-2-16(15-5-3-4-6-17(15)28-19(21)22)25-18(27)14-9-7-13(8-10-14)11-29-20-23-12-24-26-20/h3-10,12,16,19H,2,11H2,1H3,(H,25,27)(H,23,24,26). The molecule has 1 unspecified atom stereocenters. The molecule has 3 aromatic rings. The second-order valence-electron chi connectivity index (χ2n) is 6.13. The number of nitrogens with one attached hydrogen (secondary N) is 2. The molecule has 2 aromatic carbocycles. The fourth-order valence-corrected chi connectivity index (χ4v) is 3.52. The fraction of sp³-hybridized carbons (Fsp3) is 0.250. The number of amides is 1. The Labute approximate surface area is 171 Å². The summed E-state index contributed by atoms with van der Waals surface area (Å²) in [5.41, 5.74) is 2.04. The molecule has 0 bridgehead atoms. The SMILES string of the molecule is CCC(NC(=O)c1ccc(CSc2ncn[nH]2)cc1)c1ccccc1OC(F)F. The number of carbonyl (C=O) groups excluding carboxylic acids is 1. The van der Waals surface area contributed by atoms with Crippen LogP contribution in [0.1, 0.15) is 40.9 Å². The van der Waals surface area contributed by atoms with Gasteiger partial charge in [0.2, 0.25) is 0 Å². The Kier molecular flexibility index (Phi) is 7.18. The average Bonchev–Trinajstić information content (AvgIpc) is 3.24. The molecule has 9 heteroatoms. The van der Waals surface area contributed by atoms with E-state index in [0.717, 1.165) is 10.7 Å². The zero-order valence-electron chi connectivity index (χ0n) is 15.6. The molecular weight excluding hydrogens is 398 g/mol. The van der Waals surface area contributed by atoms with E-state index in [1.54, 1.807) is 30.3 Å². The number of nitrogens with zero attached hydrogens (tertiary/aromatic N) is 2. The molecule has 0 aliphatic carbocycles. The average molecular weight is 418 g/mol. The zero-order valence-corrected chi connectivity index (χ0v) is 16.5. The van der Waals surface area contributed by atoms with Crippen LogP contribution in [0.15, 0.2) is 60.0 Å². The highest BCUT2D eigenvalue weighted by molar-refractivity contribution is 7.98. The summed E-state index contributed by atoms with van der Waals surface area (Å²) in [7, 11) is 0. The van der Waals surface area contributed by atoms with E-state index in [1.165, 1.54) is 24.2 Å². The Morgan fingerprint density at radius 1 is 1.21 bits per heavy atom. The maximum absolute atomic E-state index is 12.7. The van der Waals surface area contributed by atoms with Crippen molar-refractivity contribution in [3.63, 3.8) is 0 Å². The van der Waals surface area contributed by atoms with Crippen LogP contribution in [0.2, 0.25) is 0 Å². The van der Waals surface area contributed by atoms with E-state index in [4.69, 9.17) is 0 Å². The number of aromatic nitrogens is 3. The highest BCUT2D eigenvalue weighted by Gasteiger charge is 2.19. The lowest BCUT2D eigenvalue weighted by Crippen LogP contribution is -2.28. The smallest absolute Gasteiger partial charge is 0.387 e. The lowest BCUT2D eigenvalue weighted by atomic mass is 10.0. The number of rotatable bonds is 9. The summed E-state index contributed by atoms with van der Waals surface area (Å²) in [4.78, 5) is 16.7. The predicted molar refractivity (Wildman–Crippen MR) is 106 cm³/mol. The molecule has 0 aliphatic heterocycles. The van der Waals surface area contributed by atoms with E-state index in [-0.39, 0.29) is 11.7 Å². The number of para-hydroxylation sites is 1. The van der Waals surface area contributed by atoms with Crippen molar-refractivity contribution in [3.05, 3.63) is 71.5 Å². The van der Waals surface area contributed by atoms with Gasteiger partial charge in [-0.3, -0.25) is 9.89 Å². The molecule has 0 radical (unpaired) electrons. The monoisotopic (exact) mass is 418 g/mol. The number of aromatic amines is 1. The van der Waals surface area contributed by atoms with Gasteiger partial charge in [-0.05, 0) is 30.2 Å². The van der Waals surface area contributed by atoms with Gasteiger partial charge < -0.3 is 10.1 Å². The number of H-pyrrole nitrogens is 1. The molecule has 2 N–H and O–H groups in total. The summed E-state index contributed by atoms with van der Waals surface area (Å²) in [5, 5.41) is 10.2. The first-order valence-electron chi connectivity index (χ1n) is 8.98. The molecule has 1 aromatic heterocycles. The molecule has 0 fully saturated rings. The maximum Gasteiger partial charge on any atom is 0.387 e. The summed E-state index contributed by atoms with van der Waals surface area (Å²) in [6.07, 6.45) is 1.98. The Bertz CT molecular complexity index is 920. The van der Waals surface area contributed by atoms with Gasteiger partial charge in [-0.2, -0.15) is 13.9 Å². The first-order valence-corrected chi connectivity index (χ1v) is 9.97. The third-order valence-electron chi connectivity index (χ3n) is 4.21. The Morgan fingerprint density at radius 2 is 1.97 bits per heavy atom. The molecule has 1 heterocycles. The number of thioether (sulfide) groups is 1. The van der Waals surface area contributed by atoms with Crippen LogP contribution in [0, 0.1) is 0 Å². The molecule has 152 valence electrons. The van der Waals surface area contributed by atoms with Crippen molar-refractivity contribution in [1.82, 2.24) is 20.5 Å². The van der Waals surface area contributed by atoms with Gasteiger partial charge in [-0.25, -0.2) is 4.98 Å². The van der Waals surface area contributed by atoms with Gasteiger partial charge in [0.25, 0.3) is 5.91 Å². The second-order valence-corrected chi connectivity index (χ2v) is 7.09. The number of hydrogen-bond acceptors (Lipinski definition) is 5. The van der Waals surface area contributed by atoms with E-state index >= 15 is 0 Å². The van der Waals surface area contributed by atoms with E-state index in [0.29, 0.717) is 23.3 Å². The van der Waals surface area contributed by atoms with Crippen molar-refractivity contribution in [1.29, 1.82) is 0 Å². The number of ether oxygens (including phenoxy) is 1. The molecular formula is C20H20F2N4O2S. The minimum absolute atomic E-state index is 0.0643. The third kappa shape index (κ3) is 5.77. The van der Waals surface area contributed by atoms with Crippen molar-refractivity contribution >= 4 is 17.7 Å². The molecule has 0 saturated carbocycles. The summed E-state index contributed by atoms with van der Waals surface area (Å²) in [5.74, 6) is 0.472. The van der Waals surface area contributed by atoms with Gasteiger partial charge in [0.15, 0.2) is 5.16 Å². The van der Waals surface area contributed by atoms with Gasteiger partial charge in [-0.1, -0.05) is 49.0 Å². The van der Waals surface area contributed by atoms with Gasteiger partial charge in [0, 0.05) is 16.9 Å². The molecule has 0 spiro atoms. The van der Waals surface area contributed by atoms with Crippen LogP contribution in [-0.2, 0) is 5.75 Å². The second kappa shape index (κ2) is 10.0. The summed E-state index contributed by atoms with van der Waals surface area (Å²) >= 11 is 1.51. The van der Waals surface area contributed by atoms with E-state index in [1.807, 2.05) is 19.1 Å². The van der Waals surface area contributed by atoms with Crippen molar-refractivity contribution in [2.75, 3.05) is 0 Å². The Balaban J connectivity index is 1.65. The van der Waals surface area contributed by atoms with E-state index < -0.39 is 12.7 Å². The first-order chi connectivity index (χ1) is 14.1. The van der Waals surface area contributed by atoms with Crippen LogP contribution < -0.4 is 10.1 Å². The van der Waals surface area contributed by atoms with Gasteiger partial charge in [0.05, 0.1) is 6.04 Å². The highest BCUT2D eigenvalue weighted by Crippen LogP contribution is 2.28. The normalized spacial score (nSPS) is 12.0. The molecule has 1 amide bonds. The molecule has 1 atom stereocenters. The van der Waals surface area contributed by atoms with Crippen LogP contribution in [0.25, 0.3) is 0 Å². The van der Waals surface area contributed by atoms with E-state index in [9.17, 15) is 13.6 Å². The Hall–Kier alpha value is -2.94. The number of benzene rings is 2. The fourth-order valence-electron chi connectivity index (χ4n) is 2.78. The number of halogens is 2. The Morgan fingerprint density at radius 3 is 2.62 bits per heavy atom. The number of hydrogen-bond donors (Lipinski definition) is 2. The van der Waals surface area contributed by atoms with Crippen LogP contribution in [0.4, 0.5) is 8.78 Å². The van der Waals surface area contributed by atoms with Gasteiger partial charge >= 0.3 is 6.61 Å². The molecule has 6 nitrogen and oxygen atoms in total. The van der Waals surface area contributed by atoms with Crippen molar-refractivity contribution in [3.8, 4) is 5.75 Å². The minimum atomic E-state index is -2.92. The van der Waals surface area contributed by atoms with Gasteiger partial charge in [-0.15, -0.1) is 0 Å². The lowest BCUT2D eigenvalue weighted by Gasteiger charge is -2.20. The summed E-state index contributed by atoms with van der Waals surface area (Å²) in [6, 6.07) is 13.3. The molecule has 29 heavy (non-hydrogen) atoms. The predicted octanol–water partition coefficient (Wildman–Crippen LogP) is 4.58. The molecule has 3 rings (SSSR count). The van der Waals surface area contributed by atoms with Crippen molar-refractivity contribution in [2.24, 2.45) is 0 Å². The summed E-state index contributed by atoms with van der Waals surface area (Å²) < 4.78 is 29.9. The maximum atomic E-state index is 12.7. The quantitative estimate of drug-likeness (QED) is 0.497. The van der Waals surface area contributed by atoms with Crippen LogP contribution in [0.3, 0.4) is 0 Å². The highest BCUT2D eigenvalue weighted by atomic mass is 32.2. The lowest BCUT2D eigenvalue weighted by molar-refractivity contribution is -0.0506. The number of carbonyl (C=O) groups is 1. The third-order valence-corrected chi connectivity index (χ3v) is 5.16.